The minimum Gasteiger partial charge on any atom is -0.368 e. The standard InChI is InChI=1S/C8H12F2N2O/c1-7(2,3)8(9,10)5-4-6(11)13-12-5/h4H,11H2,1-3H3. The second-order valence-electron chi connectivity index (χ2n) is 3.94. The lowest BCUT2D eigenvalue weighted by Crippen LogP contribution is -2.31. The van der Waals surface area contributed by atoms with Crippen LogP contribution in [-0.2, 0) is 5.92 Å². The molecule has 0 bridgehead atoms. The largest absolute Gasteiger partial charge is 0.368 e. The summed E-state index contributed by atoms with van der Waals surface area (Å²) < 4.78 is 31.4. The molecule has 0 saturated carbocycles. The molecule has 74 valence electrons. The number of nitrogens with zero attached hydrogens (tertiary/aromatic N) is 1. The van der Waals surface area contributed by atoms with Crippen molar-refractivity contribution >= 4 is 5.88 Å². The van der Waals surface area contributed by atoms with Gasteiger partial charge in [0, 0.05) is 11.5 Å². The highest BCUT2D eigenvalue weighted by molar-refractivity contribution is 5.27. The zero-order valence-corrected chi connectivity index (χ0v) is 7.77. The number of aromatic nitrogens is 1. The van der Waals surface area contributed by atoms with E-state index in [1.807, 2.05) is 0 Å². The summed E-state index contributed by atoms with van der Waals surface area (Å²) in [6, 6.07) is 1.05. The number of halogens is 2. The monoisotopic (exact) mass is 190 g/mol. The average molecular weight is 190 g/mol. The lowest BCUT2D eigenvalue weighted by atomic mass is 9.86. The van der Waals surface area contributed by atoms with Crippen LogP contribution in [0.3, 0.4) is 0 Å². The Bertz CT molecular complexity index is 301. The van der Waals surface area contributed by atoms with Gasteiger partial charge in [0.1, 0.15) is 0 Å². The highest BCUT2D eigenvalue weighted by Gasteiger charge is 2.47. The number of hydrogen-bond donors (Lipinski definition) is 1. The van der Waals surface area contributed by atoms with Crippen molar-refractivity contribution in [1.29, 1.82) is 0 Å². The smallest absolute Gasteiger partial charge is 0.297 e. The lowest BCUT2D eigenvalue weighted by molar-refractivity contribution is -0.109. The average Bonchev–Trinajstić information content (AvgIpc) is 2.33. The van der Waals surface area contributed by atoms with Crippen molar-refractivity contribution < 1.29 is 13.3 Å². The normalized spacial score (nSPS) is 13.3. The van der Waals surface area contributed by atoms with E-state index < -0.39 is 17.0 Å². The van der Waals surface area contributed by atoms with Crippen LogP contribution in [0.25, 0.3) is 0 Å². The summed E-state index contributed by atoms with van der Waals surface area (Å²) >= 11 is 0. The Kier molecular flexibility index (Phi) is 2.05. The first-order valence-corrected chi connectivity index (χ1v) is 3.85. The maximum Gasteiger partial charge on any atom is 0.297 e. The Labute approximate surface area is 74.9 Å². The minimum atomic E-state index is -3.03. The van der Waals surface area contributed by atoms with Crippen LogP contribution in [0.4, 0.5) is 14.7 Å². The Morgan fingerprint density at radius 2 is 1.92 bits per heavy atom. The number of nitrogens with two attached hydrogens (primary N) is 1. The summed E-state index contributed by atoms with van der Waals surface area (Å²) in [5, 5.41) is 3.20. The molecule has 0 aliphatic carbocycles. The first-order chi connectivity index (χ1) is 5.75. The van der Waals surface area contributed by atoms with Gasteiger partial charge in [0.05, 0.1) is 0 Å². The van der Waals surface area contributed by atoms with Gasteiger partial charge < -0.3 is 10.3 Å². The van der Waals surface area contributed by atoms with E-state index in [9.17, 15) is 8.78 Å². The third kappa shape index (κ3) is 1.64. The van der Waals surface area contributed by atoms with Crippen LogP contribution >= 0.6 is 0 Å². The van der Waals surface area contributed by atoms with Gasteiger partial charge in [-0.1, -0.05) is 25.9 Å². The number of hydrogen-bond acceptors (Lipinski definition) is 3. The van der Waals surface area contributed by atoms with Gasteiger partial charge in [-0.15, -0.1) is 0 Å². The van der Waals surface area contributed by atoms with Crippen molar-refractivity contribution in [3.05, 3.63) is 11.8 Å². The maximum atomic E-state index is 13.5. The van der Waals surface area contributed by atoms with Crippen LogP contribution in [0.15, 0.2) is 10.6 Å². The van der Waals surface area contributed by atoms with E-state index in [0.717, 1.165) is 6.07 Å². The van der Waals surface area contributed by atoms with Gasteiger partial charge in [0.2, 0.25) is 5.88 Å². The first-order valence-electron chi connectivity index (χ1n) is 3.85. The molecule has 0 aliphatic rings. The zero-order chi connectivity index (χ0) is 10.3. The highest BCUT2D eigenvalue weighted by Crippen LogP contribution is 2.43. The molecule has 0 fully saturated rings. The quantitative estimate of drug-likeness (QED) is 0.739. The predicted octanol–water partition coefficient (Wildman–Crippen LogP) is 2.39. The number of alkyl halides is 2. The third-order valence-electron chi connectivity index (χ3n) is 1.79. The summed E-state index contributed by atoms with van der Waals surface area (Å²) in [6.07, 6.45) is 0. The molecule has 1 aromatic rings. The van der Waals surface area contributed by atoms with Crippen LogP contribution in [0.1, 0.15) is 26.5 Å². The SMILES string of the molecule is CC(C)(C)C(F)(F)c1cc(N)on1. The van der Waals surface area contributed by atoms with Gasteiger partial charge in [-0.3, -0.25) is 0 Å². The summed E-state index contributed by atoms with van der Waals surface area (Å²) in [4.78, 5) is 0. The van der Waals surface area contributed by atoms with Crippen LogP contribution in [0.2, 0.25) is 0 Å². The summed E-state index contributed by atoms with van der Waals surface area (Å²) in [5.41, 5.74) is 3.54. The van der Waals surface area contributed by atoms with Gasteiger partial charge in [0.25, 0.3) is 5.92 Å². The number of rotatable bonds is 1. The fourth-order valence-corrected chi connectivity index (χ4v) is 0.822. The minimum absolute atomic E-state index is 0.0982. The summed E-state index contributed by atoms with van der Waals surface area (Å²) in [5.74, 6) is -3.13. The maximum absolute atomic E-state index is 13.5. The molecule has 1 heterocycles. The number of anilines is 1. The van der Waals surface area contributed by atoms with Gasteiger partial charge in [-0.25, -0.2) is 0 Å². The van der Waals surface area contributed by atoms with E-state index in [2.05, 4.69) is 9.68 Å². The molecule has 3 nitrogen and oxygen atoms in total. The molecule has 13 heavy (non-hydrogen) atoms. The molecule has 0 unspecified atom stereocenters. The van der Waals surface area contributed by atoms with Crippen molar-refractivity contribution in [2.24, 2.45) is 5.41 Å². The molecular formula is C8H12F2N2O. The molecule has 0 atom stereocenters. The summed E-state index contributed by atoms with van der Waals surface area (Å²) in [6.45, 7) is 4.29. The molecule has 0 spiro atoms. The van der Waals surface area contributed by atoms with Gasteiger partial charge in [-0.05, 0) is 0 Å². The molecule has 1 aromatic heterocycles. The second-order valence-corrected chi connectivity index (χ2v) is 3.94. The fourth-order valence-electron chi connectivity index (χ4n) is 0.822. The first kappa shape index (κ1) is 9.95. The molecule has 0 radical (unpaired) electrons. The Morgan fingerprint density at radius 1 is 1.38 bits per heavy atom. The molecule has 2 N–H and O–H groups in total. The van der Waals surface area contributed by atoms with E-state index in [1.54, 1.807) is 0 Å². The molecule has 0 aliphatic heterocycles. The molecule has 0 saturated heterocycles. The van der Waals surface area contributed by atoms with Crippen LogP contribution < -0.4 is 5.73 Å². The van der Waals surface area contributed by atoms with Gasteiger partial charge in [0.15, 0.2) is 5.69 Å². The van der Waals surface area contributed by atoms with E-state index in [0.29, 0.717) is 0 Å². The topological polar surface area (TPSA) is 52.0 Å². The Morgan fingerprint density at radius 3 is 2.23 bits per heavy atom. The lowest BCUT2D eigenvalue weighted by Gasteiger charge is -2.27. The number of nitrogen functional groups attached to an aromatic ring is 1. The highest BCUT2D eigenvalue weighted by atomic mass is 19.3. The predicted molar refractivity (Wildman–Crippen MR) is 44.3 cm³/mol. The molecule has 1 rings (SSSR count). The van der Waals surface area contributed by atoms with E-state index >= 15 is 0 Å². The Hall–Kier alpha value is -1.13. The summed E-state index contributed by atoms with van der Waals surface area (Å²) in [7, 11) is 0. The van der Waals surface area contributed by atoms with E-state index in [1.165, 1.54) is 20.8 Å². The fraction of sp³-hybridized carbons (Fsp3) is 0.625. The third-order valence-corrected chi connectivity index (χ3v) is 1.79. The van der Waals surface area contributed by atoms with Crippen LogP contribution in [0.5, 0.6) is 0 Å². The van der Waals surface area contributed by atoms with Gasteiger partial charge in [-0.2, -0.15) is 8.78 Å². The molecule has 0 aromatic carbocycles. The second kappa shape index (κ2) is 2.68. The van der Waals surface area contributed by atoms with E-state index in [-0.39, 0.29) is 5.88 Å². The molecule has 5 heteroatoms. The van der Waals surface area contributed by atoms with Crippen LogP contribution in [-0.4, -0.2) is 5.16 Å². The molecular weight excluding hydrogens is 178 g/mol. The van der Waals surface area contributed by atoms with Crippen LogP contribution in [0, 0.1) is 5.41 Å². The van der Waals surface area contributed by atoms with Gasteiger partial charge >= 0.3 is 0 Å². The van der Waals surface area contributed by atoms with Crippen molar-refractivity contribution in [3.8, 4) is 0 Å². The van der Waals surface area contributed by atoms with Crippen molar-refractivity contribution in [2.45, 2.75) is 26.7 Å². The van der Waals surface area contributed by atoms with Crippen molar-refractivity contribution in [3.63, 3.8) is 0 Å². The Balaban J connectivity index is 3.07. The zero-order valence-electron chi connectivity index (χ0n) is 7.77. The molecule has 0 amide bonds. The van der Waals surface area contributed by atoms with Crippen molar-refractivity contribution in [2.75, 3.05) is 5.73 Å². The van der Waals surface area contributed by atoms with E-state index in [4.69, 9.17) is 5.73 Å². The van der Waals surface area contributed by atoms with Crippen molar-refractivity contribution in [1.82, 2.24) is 5.16 Å².